The van der Waals surface area contributed by atoms with Crippen LogP contribution in [0.2, 0.25) is 0 Å². The Hall–Kier alpha value is -3.67. The van der Waals surface area contributed by atoms with E-state index in [1.807, 2.05) is 36.5 Å². The van der Waals surface area contributed by atoms with E-state index in [4.69, 9.17) is 4.74 Å². The van der Waals surface area contributed by atoms with Gasteiger partial charge in [0.25, 0.3) is 5.91 Å². The van der Waals surface area contributed by atoms with Gasteiger partial charge in [0.15, 0.2) is 12.4 Å². The minimum atomic E-state index is -0.227. The topological polar surface area (TPSA) is 73.2 Å². The molecule has 4 rings (SSSR count). The lowest BCUT2D eigenvalue weighted by molar-refractivity contribution is -0.118. The Morgan fingerprint density at radius 2 is 2.04 bits per heavy atom. The van der Waals surface area contributed by atoms with Crippen LogP contribution in [0.4, 0.5) is 5.69 Å². The average molecular weight is 345 g/mol. The maximum absolute atomic E-state index is 12.4. The molecule has 0 saturated heterocycles. The van der Waals surface area contributed by atoms with Crippen LogP contribution in [0.5, 0.6) is 5.75 Å². The molecule has 1 aliphatic heterocycles. The molecule has 128 valence electrons. The lowest BCUT2D eigenvalue weighted by Gasteiger charge is -2.17. The van der Waals surface area contributed by atoms with Crippen molar-refractivity contribution < 1.29 is 14.3 Å². The van der Waals surface area contributed by atoms with E-state index >= 15 is 0 Å². The van der Waals surface area contributed by atoms with Crippen molar-refractivity contribution in [3.05, 3.63) is 78.1 Å². The van der Waals surface area contributed by atoms with Crippen molar-refractivity contribution in [1.82, 2.24) is 9.78 Å². The molecular weight excluding hydrogens is 330 g/mol. The number of hydrogen-bond donors (Lipinski definition) is 1. The third-order valence-electron chi connectivity index (χ3n) is 3.99. The third-order valence-corrected chi connectivity index (χ3v) is 3.99. The summed E-state index contributed by atoms with van der Waals surface area (Å²) >= 11 is 0. The fraction of sp³-hybridized carbons (Fsp3) is 0.0500. The highest BCUT2D eigenvalue weighted by Crippen LogP contribution is 2.28. The fourth-order valence-corrected chi connectivity index (χ4v) is 2.66. The molecule has 2 aromatic carbocycles. The number of hydrogen-bond acceptors (Lipinski definition) is 4. The summed E-state index contributed by atoms with van der Waals surface area (Å²) in [4.78, 5) is 23.8. The molecular formula is C20H15N3O3. The van der Waals surface area contributed by atoms with Crippen LogP contribution in [-0.4, -0.2) is 28.1 Å². The number of benzene rings is 2. The molecule has 2 heterocycles. The second-order valence-corrected chi connectivity index (χ2v) is 5.79. The van der Waals surface area contributed by atoms with E-state index in [2.05, 4.69) is 10.4 Å². The number of amides is 1. The summed E-state index contributed by atoms with van der Waals surface area (Å²) < 4.78 is 7.06. The quantitative estimate of drug-likeness (QED) is 0.582. The average Bonchev–Trinajstić information content (AvgIpc) is 3.20. The minimum absolute atomic E-state index is 0.00524. The summed E-state index contributed by atoms with van der Waals surface area (Å²) in [6.45, 7) is -0.00524. The lowest BCUT2D eigenvalue weighted by Crippen LogP contribution is -2.25. The molecule has 1 amide bonds. The van der Waals surface area contributed by atoms with E-state index in [9.17, 15) is 9.59 Å². The molecule has 6 heteroatoms. The van der Waals surface area contributed by atoms with Crippen molar-refractivity contribution in [2.24, 2.45) is 0 Å². The van der Waals surface area contributed by atoms with Gasteiger partial charge >= 0.3 is 0 Å². The van der Waals surface area contributed by atoms with Gasteiger partial charge in [-0.15, -0.1) is 0 Å². The van der Waals surface area contributed by atoms with Crippen molar-refractivity contribution >= 4 is 23.5 Å². The predicted molar refractivity (Wildman–Crippen MR) is 97.5 cm³/mol. The standard InChI is InChI=1S/C20H15N3O3/c24-18(15-5-9-19-17(12-15)22-20(25)13-26-19)8-4-14-2-6-16(7-3-14)23-11-1-10-21-23/h1-12H,13H2,(H,22,25)/b8-4+. The molecule has 1 N–H and O–H groups in total. The van der Waals surface area contributed by atoms with Crippen molar-refractivity contribution in [2.75, 3.05) is 11.9 Å². The highest BCUT2D eigenvalue weighted by molar-refractivity contribution is 6.08. The smallest absolute Gasteiger partial charge is 0.262 e. The van der Waals surface area contributed by atoms with Gasteiger partial charge < -0.3 is 10.1 Å². The number of aromatic nitrogens is 2. The zero-order chi connectivity index (χ0) is 17.9. The second kappa shape index (κ2) is 6.68. The van der Waals surface area contributed by atoms with Crippen molar-refractivity contribution in [3.63, 3.8) is 0 Å². The van der Waals surface area contributed by atoms with Crippen LogP contribution in [0.3, 0.4) is 0 Å². The van der Waals surface area contributed by atoms with Crippen LogP contribution in [0, 0.1) is 0 Å². The Kier molecular flexibility index (Phi) is 4.07. The number of carbonyl (C=O) groups is 2. The van der Waals surface area contributed by atoms with Crippen LogP contribution in [0.1, 0.15) is 15.9 Å². The van der Waals surface area contributed by atoms with Crippen molar-refractivity contribution in [2.45, 2.75) is 0 Å². The predicted octanol–water partition coefficient (Wildman–Crippen LogP) is 3.10. The zero-order valence-corrected chi connectivity index (χ0v) is 13.8. The van der Waals surface area contributed by atoms with Gasteiger partial charge in [-0.25, -0.2) is 4.68 Å². The summed E-state index contributed by atoms with van der Waals surface area (Å²) in [7, 11) is 0. The van der Waals surface area contributed by atoms with Gasteiger partial charge in [-0.05, 0) is 48.0 Å². The maximum atomic E-state index is 12.4. The Bertz CT molecular complexity index is 990. The van der Waals surface area contributed by atoms with Crippen LogP contribution in [-0.2, 0) is 4.79 Å². The highest BCUT2D eigenvalue weighted by atomic mass is 16.5. The van der Waals surface area contributed by atoms with Crippen LogP contribution >= 0.6 is 0 Å². The first-order chi connectivity index (χ1) is 12.7. The Balaban J connectivity index is 1.49. The molecule has 1 aromatic heterocycles. The van der Waals surface area contributed by atoms with E-state index in [1.54, 1.807) is 35.2 Å². The summed E-state index contributed by atoms with van der Waals surface area (Å²) in [5, 5.41) is 6.87. The minimum Gasteiger partial charge on any atom is -0.482 e. The normalized spacial score (nSPS) is 13.2. The number of carbonyl (C=O) groups excluding carboxylic acids is 2. The number of allylic oxidation sites excluding steroid dienone is 1. The molecule has 26 heavy (non-hydrogen) atoms. The first kappa shape index (κ1) is 15.8. The SMILES string of the molecule is O=C1COc2ccc(C(=O)/C=C/c3ccc(-n4cccn4)cc3)cc2N1. The highest BCUT2D eigenvalue weighted by Gasteiger charge is 2.17. The molecule has 0 aliphatic carbocycles. The first-order valence-corrected chi connectivity index (χ1v) is 8.08. The largest absolute Gasteiger partial charge is 0.482 e. The van der Waals surface area contributed by atoms with Crippen LogP contribution in [0.15, 0.2) is 67.0 Å². The fourth-order valence-electron chi connectivity index (χ4n) is 2.66. The number of anilines is 1. The van der Waals surface area contributed by atoms with Crippen molar-refractivity contribution in [1.29, 1.82) is 0 Å². The number of rotatable bonds is 4. The number of nitrogens with zero attached hydrogens (tertiary/aromatic N) is 2. The van der Waals surface area contributed by atoms with E-state index in [-0.39, 0.29) is 18.3 Å². The van der Waals surface area contributed by atoms with E-state index < -0.39 is 0 Å². The zero-order valence-electron chi connectivity index (χ0n) is 13.8. The molecule has 1 aliphatic rings. The van der Waals surface area contributed by atoms with Gasteiger partial charge in [0, 0.05) is 18.0 Å². The van der Waals surface area contributed by atoms with E-state index in [1.165, 1.54) is 6.08 Å². The molecule has 6 nitrogen and oxygen atoms in total. The van der Waals surface area contributed by atoms with Gasteiger partial charge in [-0.1, -0.05) is 18.2 Å². The van der Waals surface area contributed by atoms with Gasteiger partial charge in [-0.3, -0.25) is 9.59 Å². The van der Waals surface area contributed by atoms with Gasteiger partial charge in [0.05, 0.1) is 11.4 Å². The Morgan fingerprint density at radius 3 is 2.81 bits per heavy atom. The molecule has 0 fully saturated rings. The summed E-state index contributed by atoms with van der Waals surface area (Å²) in [5.74, 6) is 0.193. The summed E-state index contributed by atoms with van der Waals surface area (Å²) in [5.41, 5.74) is 2.86. The molecule has 0 saturated carbocycles. The summed E-state index contributed by atoms with van der Waals surface area (Å²) in [6, 6.07) is 14.6. The third kappa shape index (κ3) is 3.25. The number of ketones is 1. The van der Waals surface area contributed by atoms with E-state index in [0.717, 1.165) is 11.3 Å². The number of fused-ring (bicyclic) bond motifs is 1. The number of nitrogens with one attached hydrogen (secondary N) is 1. The van der Waals surface area contributed by atoms with E-state index in [0.29, 0.717) is 17.0 Å². The first-order valence-electron chi connectivity index (χ1n) is 8.08. The molecule has 3 aromatic rings. The number of ether oxygens (including phenoxy) is 1. The Morgan fingerprint density at radius 1 is 1.19 bits per heavy atom. The monoisotopic (exact) mass is 345 g/mol. The lowest BCUT2D eigenvalue weighted by atomic mass is 10.1. The summed E-state index contributed by atoms with van der Waals surface area (Å²) in [6.07, 6.45) is 6.85. The van der Waals surface area contributed by atoms with Crippen LogP contribution in [0.25, 0.3) is 11.8 Å². The van der Waals surface area contributed by atoms with Gasteiger partial charge in [0.1, 0.15) is 5.75 Å². The second-order valence-electron chi connectivity index (χ2n) is 5.79. The maximum Gasteiger partial charge on any atom is 0.262 e. The Labute approximate surface area is 149 Å². The van der Waals surface area contributed by atoms with Crippen LogP contribution < -0.4 is 10.1 Å². The molecule has 0 atom stereocenters. The van der Waals surface area contributed by atoms with Gasteiger partial charge in [-0.2, -0.15) is 5.10 Å². The molecule has 0 spiro atoms. The molecule has 0 bridgehead atoms. The molecule has 0 radical (unpaired) electrons. The molecule has 0 unspecified atom stereocenters. The van der Waals surface area contributed by atoms with Gasteiger partial charge in [0.2, 0.25) is 0 Å². The van der Waals surface area contributed by atoms with Crippen molar-refractivity contribution in [3.8, 4) is 11.4 Å².